The van der Waals surface area contributed by atoms with Gasteiger partial charge in [0.25, 0.3) is 5.91 Å². The molecule has 2 bridgehead atoms. The number of carboxylic acid groups (broad SMARTS) is 1. The van der Waals surface area contributed by atoms with Gasteiger partial charge in [0.1, 0.15) is 5.54 Å². The van der Waals surface area contributed by atoms with E-state index in [-0.39, 0.29) is 23.9 Å². The van der Waals surface area contributed by atoms with Gasteiger partial charge in [0.15, 0.2) is 0 Å². The van der Waals surface area contributed by atoms with E-state index in [1.807, 2.05) is 25.7 Å². The summed E-state index contributed by atoms with van der Waals surface area (Å²) in [4.78, 5) is 43.3. The maximum atomic E-state index is 13.6. The molecule has 4 aliphatic rings. The number of likely N-dealkylation sites (tertiary alicyclic amines) is 1. The van der Waals surface area contributed by atoms with Gasteiger partial charge in [-0.3, -0.25) is 14.6 Å². The second kappa shape index (κ2) is 5.11. The van der Waals surface area contributed by atoms with Crippen LogP contribution in [-0.4, -0.2) is 67.5 Å². The Labute approximate surface area is 147 Å². The van der Waals surface area contributed by atoms with Crippen LogP contribution in [0.4, 0.5) is 9.59 Å². The highest BCUT2D eigenvalue weighted by atomic mass is 16.4. The van der Waals surface area contributed by atoms with Gasteiger partial charge in [-0.2, -0.15) is 0 Å². The minimum atomic E-state index is -0.993. The summed E-state index contributed by atoms with van der Waals surface area (Å²) in [5.41, 5.74) is -1.58. The van der Waals surface area contributed by atoms with E-state index < -0.39 is 23.2 Å². The molecule has 3 atom stereocenters. The van der Waals surface area contributed by atoms with Crippen molar-refractivity contribution in [3.05, 3.63) is 0 Å². The van der Waals surface area contributed by atoms with Crippen molar-refractivity contribution >= 4 is 18.0 Å². The zero-order chi connectivity index (χ0) is 18.1. The molecular formula is C18H27N3O4. The summed E-state index contributed by atoms with van der Waals surface area (Å²) in [5, 5.41) is 9.71. The van der Waals surface area contributed by atoms with Crippen molar-refractivity contribution in [2.24, 2.45) is 5.92 Å². The van der Waals surface area contributed by atoms with Crippen LogP contribution in [0.15, 0.2) is 0 Å². The summed E-state index contributed by atoms with van der Waals surface area (Å²) in [7, 11) is 0. The lowest BCUT2D eigenvalue weighted by Crippen LogP contribution is -2.70. The molecule has 3 unspecified atom stereocenters. The minimum Gasteiger partial charge on any atom is -0.465 e. The maximum Gasteiger partial charge on any atom is 0.407 e. The van der Waals surface area contributed by atoms with Gasteiger partial charge in [-0.25, -0.2) is 9.59 Å². The van der Waals surface area contributed by atoms with E-state index in [1.54, 1.807) is 0 Å². The molecule has 25 heavy (non-hydrogen) atoms. The van der Waals surface area contributed by atoms with E-state index in [2.05, 4.69) is 0 Å². The standard InChI is InChI=1S/C18H27N3O4/c1-11(2)20-14(22)18(12-7-5-4-6-8-12)13-9-17(3,21(18)15(20)23)10-19(13)16(24)25/h11-13H,4-10H2,1-3H3,(H,24,25). The van der Waals surface area contributed by atoms with Crippen LogP contribution in [0.1, 0.15) is 59.3 Å². The number of hydrogen-bond acceptors (Lipinski definition) is 3. The second-order valence-corrected chi connectivity index (χ2v) is 8.67. The van der Waals surface area contributed by atoms with Crippen LogP contribution >= 0.6 is 0 Å². The predicted molar refractivity (Wildman–Crippen MR) is 90.1 cm³/mol. The summed E-state index contributed by atoms with van der Waals surface area (Å²) in [6, 6.07) is -0.855. The lowest BCUT2D eigenvalue weighted by molar-refractivity contribution is -0.142. The molecule has 0 aromatic heterocycles. The van der Waals surface area contributed by atoms with Gasteiger partial charge in [0, 0.05) is 12.6 Å². The number of piperazine rings is 1. The molecular weight excluding hydrogens is 322 g/mol. The molecule has 4 amide bonds. The SMILES string of the molecule is CC(C)N1C(=O)N2C3(C)CC(N(C(=O)O)C3)C2(C2CCCCC2)C1=O. The third-order valence-corrected chi connectivity index (χ3v) is 6.89. The Balaban J connectivity index is 1.88. The summed E-state index contributed by atoms with van der Waals surface area (Å²) in [6.45, 7) is 5.95. The van der Waals surface area contributed by atoms with Gasteiger partial charge in [0.05, 0.1) is 11.6 Å². The first-order valence-corrected chi connectivity index (χ1v) is 9.42. The number of imide groups is 1. The molecule has 7 nitrogen and oxygen atoms in total. The molecule has 4 rings (SSSR count). The Hall–Kier alpha value is -1.79. The lowest BCUT2D eigenvalue weighted by atomic mass is 9.70. The molecule has 3 aliphatic heterocycles. The van der Waals surface area contributed by atoms with Gasteiger partial charge in [-0.15, -0.1) is 0 Å². The van der Waals surface area contributed by atoms with Gasteiger partial charge in [0.2, 0.25) is 0 Å². The van der Waals surface area contributed by atoms with Crippen molar-refractivity contribution in [1.82, 2.24) is 14.7 Å². The molecule has 7 heteroatoms. The van der Waals surface area contributed by atoms with Crippen LogP contribution in [0.25, 0.3) is 0 Å². The average Bonchev–Trinajstić information content (AvgIpc) is 3.12. The van der Waals surface area contributed by atoms with Crippen LogP contribution in [-0.2, 0) is 4.79 Å². The van der Waals surface area contributed by atoms with Crippen LogP contribution in [0.3, 0.4) is 0 Å². The predicted octanol–water partition coefficient (Wildman–Crippen LogP) is 2.50. The first-order chi connectivity index (χ1) is 11.7. The number of nitrogens with zero attached hydrogens (tertiary/aromatic N) is 3. The number of amides is 4. The van der Waals surface area contributed by atoms with Crippen LogP contribution in [0.2, 0.25) is 0 Å². The topological polar surface area (TPSA) is 81.2 Å². The van der Waals surface area contributed by atoms with Crippen molar-refractivity contribution in [3.63, 3.8) is 0 Å². The number of rotatable bonds is 2. The highest BCUT2D eigenvalue weighted by Gasteiger charge is 2.78. The normalized spacial score (nSPS) is 38.2. The minimum absolute atomic E-state index is 0.0513. The monoisotopic (exact) mass is 349 g/mol. The largest absolute Gasteiger partial charge is 0.465 e. The van der Waals surface area contributed by atoms with Gasteiger partial charge < -0.3 is 10.0 Å². The van der Waals surface area contributed by atoms with Crippen LogP contribution in [0.5, 0.6) is 0 Å². The van der Waals surface area contributed by atoms with Gasteiger partial charge in [-0.1, -0.05) is 19.3 Å². The highest BCUT2D eigenvalue weighted by Crippen LogP contribution is 2.59. The molecule has 0 spiro atoms. The summed E-state index contributed by atoms with van der Waals surface area (Å²) in [5.74, 6) is -0.116. The average molecular weight is 349 g/mol. The number of carbonyl (C=O) groups excluding carboxylic acids is 2. The fraction of sp³-hybridized carbons (Fsp3) is 0.833. The third-order valence-electron chi connectivity index (χ3n) is 6.89. The maximum absolute atomic E-state index is 13.6. The smallest absolute Gasteiger partial charge is 0.407 e. The molecule has 0 aromatic rings. The Bertz CT molecular complexity index is 644. The van der Waals surface area contributed by atoms with E-state index in [1.165, 1.54) is 9.80 Å². The molecule has 0 radical (unpaired) electrons. The Kier molecular flexibility index (Phi) is 3.41. The number of hydrogen-bond donors (Lipinski definition) is 1. The quantitative estimate of drug-likeness (QED) is 0.777. The van der Waals surface area contributed by atoms with Crippen LogP contribution in [0, 0.1) is 5.92 Å². The molecule has 138 valence electrons. The highest BCUT2D eigenvalue weighted by molar-refractivity contribution is 6.09. The fourth-order valence-electron chi connectivity index (χ4n) is 6.06. The van der Waals surface area contributed by atoms with Crippen molar-refractivity contribution in [3.8, 4) is 0 Å². The van der Waals surface area contributed by atoms with Gasteiger partial charge in [-0.05, 0) is 46.0 Å². The van der Waals surface area contributed by atoms with E-state index in [4.69, 9.17) is 0 Å². The summed E-state index contributed by atoms with van der Waals surface area (Å²) >= 11 is 0. The van der Waals surface area contributed by atoms with Crippen molar-refractivity contribution < 1.29 is 19.5 Å². The fourth-order valence-corrected chi connectivity index (χ4v) is 6.06. The third kappa shape index (κ3) is 1.84. The van der Waals surface area contributed by atoms with E-state index in [0.29, 0.717) is 13.0 Å². The molecule has 3 saturated heterocycles. The zero-order valence-corrected chi connectivity index (χ0v) is 15.2. The van der Waals surface area contributed by atoms with E-state index in [0.717, 1.165) is 32.1 Å². The Morgan fingerprint density at radius 1 is 1.20 bits per heavy atom. The number of urea groups is 1. The number of fused-ring (bicyclic) bond motifs is 5. The molecule has 1 N–H and O–H groups in total. The summed E-state index contributed by atoms with van der Waals surface area (Å²) in [6.07, 6.45) is 4.60. The lowest BCUT2D eigenvalue weighted by Gasteiger charge is -2.51. The molecule has 1 aliphatic carbocycles. The first kappa shape index (κ1) is 16.7. The zero-order valence-electron chi connectivity index (χ0n) is 15.2. The van der Waals surface area contributed by atoms with Crippen molar-refractivity contribution in [2.75, 3.05) is 6.54 Å². The Morgan fingerprint density at radius 3 is 2.40 bits per heavy atom. The summed E-state index contributed by atoms with van der Waals surface area (Å²) < 4.78 is 0. The molecule has 0 aromatic carbocycles. The second-order valence-electron chi connectivity index (χ2n) is 8.67. The van der Waals surface area contributed by atoms with Crippen LogP contribution < -0.4 is 0 Å². The molecule has 3 heterocycles. The first-order valence-electron chi connectivity index (χ1n) is 9.42. The van der Waals surface area contributed by atoms with Gasteiger partial charge >= 0.3 is 12.1 Å². The van der Waals surface area contributed by atoms with E-state index in [9.17, 15) is 19.5 Å². The van der Waals surface area contributed by atoms with E-state index >= 15 is 0 Å². The molecule has 1 saturated carbocycles. The number of carbonyl (C=O) groups is 3. The van der Waals surface area contributed by atoms with Crippen molar-refractivity contribution in [2.45, 2.75) is 82.5 Å². The Morgan fingerprint density at radius 2 is 1.84 bits per heavy atom. The molecule has 4 fully saturated rings. The van der Waals surface area contributed by atoms with Crippen molar-refractivity contribution in [1.29, 1.82) is 0 Å².